The van der Waals surface area contributed by atoms with Crippen LogP contribution in [0.5, 0.6) is 0 Å². The Kier molecular flexibility index (Phi) is 5.36. The molecule has 1 spiro atoms. The van der Waals surface area contributed by atoms with Crippen molar-refractivity contribution in [1.29, 1.82) is 0 Å². The Balaban J connectivity index is 1.37. The van der Waals surface area contributed by atoms with Crippen LogP contribution in [0.4, 0.5) is 10.5 Å². The Hall–Kier alpha value is -2.38. The van der Waals surface area contributed by atoms with E-state index in [2.05, 4.69) is 16.1 Å². The van der Waals surface area contributed by atoms with Crippen LogP contribution in [0.2, 0.25) is 5.02 Å². The van der Waals surface area contributed by atoms with Gasteiger partial charge in [0, 0.05) is 50.6 Å². The number of amides is 2. The quantitative estimate of drug-likeness (QED) is 0.772. The molecule has 2 amide bonds. The summed E-state index contributed by atoms with van der Waals surface area (Å²) >= 11 is 6.11. The molecule has 154 valence electrons. The van der Waals surface area contributed by atoms with Gasteiger partial charge in [-0.1, -0.05) is 23.7 Å². The molecule has 1 aromatic heterocycles. The van der Waals surface area contributed by atoms with E-state index in [-0.39, 0.29) is 17.4 Å². The summed E-state index contributed by atoms with van der Waals surface area (Å²) in [7, 11) is 1.67. The number of nitrogens with zero attached hydrogens (tertiary/aromatic N) is 5. The van der Waals surface area contributed by atoms with E-state index in [9.17, 15) is 9.59 Å². The Labute approximate surface area is 175 Å². The van der Waals surface area contributed by atoms with Crippen LogP contribution < -0.4 is 4.90 Å². The molecule has 2 aliphatic rings. The third-order valence-electron chi connectivity index (χ3n) is 6.15. The van der Waals surface area contributed by atoms with Crippen molar-refractivity contribution in [2.24, 2.45) is 5.41 Å². The average molecular weight is 416 g/mol. The molecule has 0 aliphatic carbocycles. The maximum Gasteiger partial charge on any atom is 0.344 e. The Bertz CT molecular complexity index is 929. The van der Waals surface area contributed by atoms with Gasteiger partial charge < -0.3 is 9.80 Å². The van der Waals surface area contributed by atoms with Gasteiger partial charge in [-0.05, 0) is 37.1 Å². The van der Waals surface area contributed by atoms with Gasteiger partial charge in [0.05, 0.1) is 18.1 Å². The maximum absolute atomic E-state index is 12.9. The fraction of sp³-hybridized carbons (Fsp3) is 0.476. The minimum atomic E-state index is -0.127. The highest BCUT2D eigenvalue weighted by Gasteiger charge is 2.45. The summed E-state index contributed by atoms with van der Waals surface area (Å²) in [6.45, 7) is 5.87. The molecule has 0 saturated carbocycles. The number of rotatable bonds is 3. The summed E-state index contributed by atoms with van der Waals surface area (Å²) in [5.41, 5.74) is 1.99. The van der Waals surface area contributed by atoms with Gasteiger partial charge in [0.15, 0.2) is 0 Å². The van der Waals surface area contributed by atoms with Crippen LogP contribution in [0.1, 0.15) is 25.3 Å². The molecular weight excluding hydrogens is 390 g/mol. The molecule has 7 nitrogen and oxygen atoms in total. The molecule has 2 aliphatic heterocycles. The van der Waals surface area contributed by atoms with Crippen LogP contribution >= 0.6 is 11.6 Å². The first-order valence-corrected chi connectivity index (χ1v) is 10.3. The third kappa shape index (κ3) is 4.16. The minimum absolute atomic E-state index is 0.0946. The normalized spacial score (nSPS) is 21.8. The number of hydrogen-bond donors (Lipinski definition) is 0. The second kappa shape index (κ2) is 7.80. The summed E-state index contributed by atoms with van der Waals surface area (Å²) in [6.07, 6.45) is 5.27. The van der Waals surface area contributed by atoms with Gasteiger partial charge in [-0.25, -0.2) is 4.79 Å². The van der Waals surface area contributed by atoms with Crippen molar-refractivity contribution >= 4 is 29.2 Å². The summed E-state index contributed by atoms with van der Waals surface area (Å²) in [4.78, 5) is 30.2. The van der Waals surface area contributed by atoms with Gasteiger partial charge >= 0.3 is 6.03 Å². The summed E-state index contributed by atoms with van der Waals surface area (Å²) in [6, 6.07) is 7.88. The van der Waals surface area contributed by atoms with Crippen molar-refractivity contribution in [3.8, 4) is 0 Å². The molecule has 1 aromatic carbocycles. The largest absolute Gasteiger partial charge is 0.344 e. The van der Waals surface area contributed by atoms with Crippen molar-refractivity contribution in [1.82, 2.24) is 19.6 Å². The van der Waals surface area contributed by atoms with Gasteiger partial charge in [0.25, 0.3) is 0 Å². The predicted molar refractivity (Wildman–Crippen MR) is 112 cm³/mol. The monoisotopic (exact) mass is 415 g/mol. The maximum atomic E-state index is 12.9. The Morgan fingerprint density at radius 1 is 1.24 bits per heavy atom. The first-order valence-electron chi connectivity index (χ1n) is 9.90. The third-order valence-corrected chi connectivity index (χ3v) is 6.38. The van der Waals surface area contributed by atoms with Gasteiger partial charge in [0.1, 0.15) is 0 Å². The number of benzene rings is 1. The van der Waals surface area contributed by atoms with Crippen LogP contribution in [0.15, 0.2) is 36.7 Å². The first kappa shape index (κ1) is 19.9. The predicted octanol–water partition coefficient (Wildman–Crippen LogP) is 3.09. The fourth-order valence-electron chi connectivity index (χ4n) is 4.41. The van der Waals surface area contributed by atoms with E-state index >= 15 is 0 Å². The van der Waals surface area contributed by atoms with Gasteiger partial charge in [-0.3, -0.25) is 9.69 Å². The SMILES string of the molecule is CC(=O)N(C)c1cnn(C(=O)N2CCC3(CCN(Cc4cccc(Cl)c4)C3)C2)c1. The van der Waals surface area contributed by atoms with Crippen LogP contribution in [0.3, 0.4) is 0 Å². The van der Waals surface area contributed by atoms with E-state index < -0.39 is 0 Å². The van der Waals surface area contributed by atoms with Crippen LogP contribution in [-0.2, 0) is 11.3 Å². The summed E-state index contributed by atoms with van der Waals surface area (Å²) < 4.78 is 1.34. The van der Waals surface area contributed by atoms with E-state index in [1.807, 2.05) is 23.1 Å². The molecule has 2 fully saturated rings. The molecule has 3 heterocycles. The fourth-order valence-corrected chi connectivity index (χ4v) is 4.62. The number of anilines is 1. The lowest BCUT2D eigenvalue weighted by atomic mass is 9.86. The average Bonchev–Trinajstić information content (AvgIpc) is 3.42. The van der Waals surface area contributed by atoms with Gasteiger partial charge in [-0.2, -0.15) is 9.78 Å². The zero-order valence-corrected chi connectivity index (χ0v) is 17.6. The first-order chi connectivity index (χ1) is 13.8. The summed E-state index contributed by atoms with van der Waals surface area (Å²) in [5.74, 6) is -0.0946. The summed E-state index contributed by atoms with van der Waals surface area (Å²) in [5, 5.41) is 4.93. The Morgan fingerprint density at radius 3 is 2.79 bits per heavy atom. The minimum Gasteiger partial charge on any atom is -0.322 e. The highest BCUT2D eigenvalue weighted by molar-refractivity contribution is 6.30. The molecule has 1 unspecified atom stereocenters. The number of carbonyl (C=O) groups is 2. The van der Waals surface area contributed by atoms with Crippen molar-refractivity contribution < 1.29 is 9.59 Å². The number of halogens is 1. The highest BCUT2D eigenvalue weighted by atomic mass is 35.5. The van der Waals surface area contributed by atoms with Gasteiger partial charge in [0.2, 0.25) is 5.91 Å². The number of carbonyl (C=O) groups excluding carboxylic acids is 2. The number of aromatic nitrogens is 2. The highest BCUT2D eigenvalue weighted by Crippen LogP contribution is 2.40. The van der Waals surface area contributed by atoms with Gasteiger partial charge in [-0.15, -0.1) is 0 Å². The van der Waals surface area contributed by atoms with E-state index in [4.69, 9.17) is 11.6 Å². The molecule has 0 bridgehead atoms. The molecule has 4 rings (SSSR count). The molecule has 2 aromatic rings. The smallest absolute Gasteiger partial charge is 0.322 e. The van der Waals surface area contributed by atoms with E-state index in [0.29, 0.717) is 5.69 Å². The lowest BCUT2D eigenvalue weighted by Crippen LogP contribution is -2.36. The standard InChI is InChI=1S/C21H26ClN5O2/c1-16(28)24(2)19-11-23-27(13-19)20(29)26-9-7-21(15-26)6-8-25(14-21)12-17-4-3-5-18(22)10-17/h3-5,10-11,13H,6-9,12,14-15H2,1-2H3. The van der Waals surface area contributed by atoms with Crippen LogP contribution in [0.25, 0.3) is 0 Å². The van der Waals surface area contributed by atoms with Crippen molar-refractivity contribution in [3.05, 3.63) is 47.2 Å². The second-order valence-corrected chi connectivity index (χ2v) is 8.70. The van der Waals surface area contributed by atoms with Crippen LogP contribution in [0, 0.1) is 5.41 Å². The van der Waals surface area contributed by atoms with Crippen molar-refractivity contribution in [2.75, 3.05) is 38.1 Å². The molecule has 29 heavy (non-hydrogen) atoms. The zero-order chi connectivity index (χ0) is 20.6. The molecule has 8 heteroatoms. The van der Waals surface area contributed by atoms with E-state index in [0.717, 1.165) is 50.6 Å². The lowest BCUT2D eigenvalue weighted by molar-refractivity contribution is -0.116. The molecule has 0 N–H and O–H groups in total. The molecular formula is C21H26ClN5O2. The number of likely N-dealkylation sites (tertiary alicyclic amines) is 2. The molecule has 0 radical (unpaired) electrons. The second-order valence-electron chi connectivity index (χ2n) is 8.27. The van der Waals surface area contributed by atoms with Crippen LogP contribution in [-0.4, -0.2) is 64.7 Å². The topological polar surface area (TPSA) is 61.7 Å². The van der Waals surface area contributed by atoms with Crippen molar-refractivity contribution in [3.63, 3.8) is 0 Å². The van der Waals surface area contributed by atoms with E-state index in [1.54, 1.807) is 19.4 Å². The lowest BCUT2D eigenvalue weighted by Gasteiger charge is -2.24. The molecule has 1 atom stereocenters. The van der Waals surface area contributed by atoms with Crippen molar-refractivity contribution in [2.45, 2.75) is 26.3 Å². The number of hydrogen-bond acceptors (Lipinski definition) is 4. The zero-order valence-electron chi connectivity index (χ0n) is 16.8. The molecule has 2 saturated heterocycles. The Morgan fingerprint density at radius 2 is 2.03 bits per heavy atom. The van der Waals surface area contributed by atoms with E-state index in [1.165, 1.54) is 22.1 Å².